The van der Waals surface area contributed by atoms with Gasteiger partial charge in [-0.05, 0) is 43.3 Å². The van der Waals surface area contributed by atoms with E-state index in [2.05, 4.69) is 10.3 Å². The Kier molecular flexibility index (Phi) is 5.43. The van der Waals surface area contributed by atoms with Gasteiger partial charge in [0.2, 0.25) is 5.89 Å². The number of hydrogen-bond donors (Lipinski definition) is 1. The first kappa shape index (κ1) is 19.2. The van der Waals surface area contributed by atoms with Crippen molar-refractivity contribution in [3.8, 4) is 11.5 Å². The average molecular weight is 402 g/mol. The SMILES string of the molecule is Cc1oc(-c2ccccc2)nc1COC(=O)c1ccccc1NC(=O)c1ccco1. The number of benzene rings is 2. The molecular formula is C23H18N2O5. The molecule has 0 saturated heterocycles. The number of nitrogens with one attached hydrogen (secondary N) is 1. The maximum atomic E-state index is 12.6. The number of esters is 1. The van der Waals surface area contributed by atoms with Gasteiger partial charge in [-0.25, -0.2) is 9.78 Å². The number of carbonyl (C=O) groups excluding carboxylic acids is 2. The molecule has 0 atom stereocenters. The zero-order chi connectivity index (χ0) is 20.9. The van der Waals surface area contributed by atoms with E-state index in [1.54, 1.807) is 37.3 Å². The van der Waals surface area contributed by atoms with E-state index in [0.717, 1.165) is 5.56 Å². The van der Waals surface area contributed by atoms with E-state index in [4.69, 9.17) is 13.6 Å². The lowest BCUT2D eigenvalue weighted by Crippen LogP contribution is -2.15. The summed E-state index contributed by atoms with van der Waals surface area (Å²) in [6.07, 6.45) is 1.40. The molecule has 7 nitrogen and oxygen atoms in total. The Hall–Kier alpha value is -4.13. The topological polar surface area (TPSA) is 94.6 Å². The van der Waals surface area contributed by atoms with Gasteiger partial charge in [-0.15, -0.1) is 0 Å². The highest BCUT2D eigenvalue weighted by Gasteiger charge is 2.18. The van der Waals surface area contributed by atoms with Crippen molar-refractivity contribution in [3.05, 3.63) is 95.8 Å². The van der Waals surface area contributed by atoms with E-state index in [1.807, 2.05) is 30.3 Å². The second-order valence-electron chi connectivity index (χ2n) is 6.44. The third-order valence-electron chi connectivity index (χ3n) is 4.39. The van der Waals surface area contributed by atoms with Crippen LogP contribution in [0.25, 0.3) is 11.5 Å². The van der Waals surface area contributed by atoms with E-state index in [9.17, 15) is 9.59 Å². The van der Waals surface area contributed by atoms with Crippen molar-refractivity contribution >= 4 is 17.6 Å². The van der Waals surface area contributed by atoms with Crippen molar-refractivity contribution in [1.29, 1.82) is 0 Å². The van der Waals surface area contributed by atoms with Crippen LogP contribution in [0.15, 0.2) is 81.8 Å². The maximum absolute atomic E-state index is 12.6. The van der Waals surface area contributed by atoms with Gasteiger partial charge in [-0.3, -0.25) is 4.79 Å². The monoisotopic (exact) mass is 402 g/mol. The van der Waals surface area contributed by atoms with Crippen LogP contribution in [0.2, 0.25) is 0 Å². The van der Waals surface area contributed by atoms with E-state index in [-0.39, 0.29) is 17.9 Å². The zero-order valence-electron chi connectivity index (χ0n) is 16.1. The molecule has 150 valence electrons. The quantitative estimate of drug-likeness (QED) is 0.463. The van der Waals surface area contributed by atoms with Crippen LogP contribution < -0.4 is 5.32 Å². The van der Waals surface area contributed by atoms with Crippen molar-refractivity contribution in [2.75, 3.05) is 5.32 Å². The fraction of sp³-hybridized carbons (Fsp3) is 0.0870. The van der Waals surface area contributed by atoms with Crippen molar-refractivity contribution in [2.24, 2.45) is 0 Å². The number of para-hydroxylation sites is 1. The molecule has 4 aromatic rings. The molecule has 7 heteroatoms. The Labute approximate surface area is 172 Å². The Morgan fingerprint density at radius 3 is 2.53 bits per heavy atom. The summed E-state index contributed by atoms with van der Waals surface area (Å²) < 4.78 is 16.2. The van der Waals surface area contributed by atoms with Crippen LogP contribution in [-0.4, -0.2) is 16.9 Å². The third-order valence-corrected chi connectivity index (χ3v) is 4.39. The standard InChI is InChI=1S/C23H18N2O5/c1-15-19(25-22(30-15)16-8-3-2-4-9-16)14-29-23(27)17-10-5-6-11-18(17)24-21(26)20-12-7-13-28-20/h2-13H,14H2,1H3,(H,24,26). The number of furan rings is 1. The van der Waals surface area contributed by atoms with Gasteiger partial charge < -0.3 is 18.9 Å². The predicted molar refractivity (Wildman–Crippen MR) is 109 cm³/mol. The minimum absolute atomic E-state index is 0.0541. The lowest BCUT2D eigenvalue weighted by molar-refractivity contribution is 0.0468. The number of carbonyl (C=O) groups is 2. The van der Waals surface area contributed by atoms with Gasteiger partial charge in [-0.2, -0.15) is 0 Å². The second kappa shape index (κ2) is 8.48. The molecule has 2 aromatic carbocycles. The van der Waals surface area contributed by atoms with Crippen LogP contribution in [0.1, 0.15) is 32.4 Å². The summed E-state index contributed by atoms with van der Waals surface area (Å²) in [6.45, 7) is 1.71. The van der Waals surface area contributed by atoms with Crippen LogP contribution in [0.3, 0.4) is 0 Å². The van der Waals surface area contributed by atoms with Gasteiger partial charge in [-0.1, -0.05) is 30.3 Å². The highest BCUT2D eigenvalue weighted by Crippen LogP contribution is 2.23. The van der Waals surface area contributed by atoms with Gasteiger partial charge in [0.05, 0.1) is 17.5 Å². The first-order valence-electron chi connectivity index (χ1n) is 9.24. The van der Waals surface area contributed by atoms with Crippen LogP contribution in [-0.2, 0) is 11.3 Å². The molecule has 0 fully saturated rings. The van der Waals surface area contributed by atoms with Gasteiger partial charge in [0.25, 0.3) is 5.91 Å². The van der Waals surface area contributed by atoms with Gasteiger partial charge >= 0.3 is 5.97 Å². The molecule has 0 unspecified atom stereocenters. The molecule has 0 aliphatic heterocycles. The molecule has 0 saturated carbocycles. The number of nitrogens with zero attached hydrogens (tertiary/aromatic N) is 1. The lowest BCUT2D eigenvalue weighted by Gasteiger charge is -2.09. The fourth-order valence-electron chi connectivity index (χ4n) is 2.84. The summed E-state index contributed by atoms with van der Waals surface area (Å²) in [7, 11) is 0. The van der Waals surface area contributed by atoms with E-state index >= 15 is 0 Å². The van der Waals surface area contributed by atoms with Crippen LogP contribution >= 0.6 is 0 Å². The Morgan fingerprint density at radius 2 is 1.77 bits per heavy atom. The molecule has 1 N–H and O–H groups in total. The minimum atomic E-state index is -0.589. The molecule has 2 aromatic heterocycles. The molecule has 0 spiro atoms. The van der Waals surface area contributed by atoms with E-state index < -0.39 is 11.9 Å². The second-order valence-corrected chi connectivity index (χ2v) is 6.44. The Balaban J connectivity index is 1.46. The lowest BCUT2D eigenvalue weighted by atomic mass is 10.1. The van der Waals surface area contributed by atoms with E-state index in [1.165, 1.54) is 12.3 Å². The summed E-state index contributed by atoms with van der Waals surface area (Å²) in [6, 6.07) is 19.2. The number of hydrogen-bond acceptors (Lipinski definition) is 6. The maximum Gasteiger partial charge on any atom is 0.340 e. The molecule has 4 rings (SSSR count). The van der Waals surface area contributed by atoms with Crippen molar-refractivity contribution in [3.63, 3.8) is 0 Å². The summed E-state index contributed by atoms with van der Waals surface area (Å²) >= 11 is 0. The molecule has 1 amide bonds. The average Bonchev–Trinajstić information content (AvgIpc) is 3.43. The molecule has 0 aliphatic rings. The normalized spacial score (nSPS) is 10.6. The van der Waals surface area contributed by atoms with Crippen LogP contribution in [0, 0.1) is 6.92 Å². The molecule has 2 heterocycles. The number of aryl methyl sites for hydroxylation is 1. The van der Waals surface area contributed by atoms with Crippen LogP contribution in [0.4, 0.5) is 5.69 Å². The fourth-order valence-corrected chi connectivity index (χ4v) is 2.84. The zero-order valence-corrected chi connectivity index (χ0v) is 16.1. The summed E-state index contributed by atoms with van der Waals surface area (Å²) in [5.41, 5.74) is 1.91. The minimum Gasteiger partial charge on any atom is -0.459 e. The van der Waals surface area contributed by atoms with Crippen molar-refractivity contribution in [2.45, 2.75) is 13.5 Å². The Morgan fingerprint density at radius 1 is 1.00 bits per heavy atom. The number of rotatable bonds is 6. The number of aromatic nitrogens is 1. The van der Waals surface area contributed by atoms with Crippen molar-refractivity contribution < 1.29 is 23.2 Å². The van der Waals surface area contributed by atoms with E-state index in [0.29, 0.717) is 23.0 Å². The highest BCUT2D eigenvalue weighted by molar-refractivity contribution is 6.06. The number of anilines is 1. The molecule has 0 aliphatic carbocycles. The van der Waals surface area contributed by atoms with Gasteiger partial charge in [0.15, 0.2) is 5.76 Å². The molecule has 30 heavy (non-hydrogen) atoms. The predicted octanol–water partition coefficient (Wildman–Crippen LogP) is 4.85. The first-order valence-corrected chi connectivity index (χ1v) is 9.24. The largest absolute Gasteiger partial charge is 0.459 e. The smallest absolute Gasteiger partial charge is 0.340 e. The van der Waals surface area contributed by atoms with Gasteiger partial charge in [0, 0.05) is 5.56 Å². The Bertz CT molecular complexity index is 1160. The summed E-state index contributed by atoms with van der Waals surface area (Å²) in [5, 5.41) is 2.66. The molecule has 0 bridgehead atoms. The van der Waals surface area contributed by atoms with Crippen LogP contribution in [0.5, 0.6) is 0 Å². The highest BCUT2D eigenvalue weighted by atomic mass is 16.5. The number of amides is 1. The third kappa shape index (κ3) is 4.15. The number of oxazole rings is 1. The summed E-state index contributed by atoms with van der Waals surface area (Å²) in [4.78, 5) is 29.3. The first-order chi connectivity index (χ1) is 14.6. The van der Waals surface area contributed by atoms with Gasteiger partial charge in [0.1, 0.15) is 18.1 Å². The summed E-state index contributed by atoms with van der Waals surface area (Å²) in [5.74, 6) is 0.130. The number of ether oxygens (including phenoxy) is 1. The molecule has 0 radical (unpaired) electrons. The van der Waals surface area contributed by atoms with Crippen molar-refractivity contribution in [1.82, 2.24) is 4.98 Å². The molecular weight excluding hydrogens is 384 g/mol.